The molecule has 0 amide bonds. The van der Waals surface area contributed by atoms with Gasteiger partial charge in [0.2, 0.25) is 0 Å². The summed E-state index contributed by atoms with van der Waals surface area (Å²) in [6.45, 7) is 9.94. The van der Waals surface area contributed by atoms with Crippen LogP contribution in [0.2, 0.25) is 0 Å². The zero-order valence-corrected chi connectivity index (χ0v) is 7.74. The average molecular weight is 146 g/mol. The second-order valence-corrected chi connectivity index (χ2v) is 4.46. The van der Waals surface area contributed by atoms with E-state index in [4.69, 9.17) is 0 Å². The normalized spacial score (nSPS) is 15.9. The standard InChI is InChI=1S/C9H19F/c1-7(2)6-8(10)9(3,4)5/h7-8H,6H2,1-5H3/t8-/m1/s1. The first-order valence-electron chi connectivity index (χ1n) is 3.98. The van der Waals surface area contributed by atoms with Crippen molar-refractivity contribution in [1.29, 1.82) is 0 Å². The van der Waals surface area contributed by atoms with E-state index < -0.39 is 6.17 Å². The van der Waals surface area contributed by atoms with Gasteiger partial charge in [0.05, 0.1) is 0 Å². The van der Waals surface area contributed by atoms with Crippen molar-refractivity contribution in [2.75, 3.05) is 0 Å². The minimum absolute atomic E-state index is 0.176. The largest absolute Gasteiger partial charge is 0.247 e. The van der Waals surface area contributed by atoms with Crippen molar-refractivity contribution >= 4 is 0 Å². The van der Waals surface area contributed by atoms with Crippen LogP contribution in [0.15, 0.2) is 0 Å². The van der Waals surface area contributed by atoms with Crippen LogP contribution in [0.25, 0.3) is 0 Å². The minimum atomic E-state index is -0.660. The highest BCUT2D eigenvalue weighted by atomic mass is 19.1. The van der Waals surface area contributed by atoms with E-state index in [0.717, 1.165) is 0 Å². The van der Waals surface area contributed by atoms with E-state index in [2.05, 4.69) is 13.8 Å². The van der Waals surface area contributed by atoms with Gasteiger partial charge in [-0.2, -0.15) is 0 Å². The molecule has 0 fully saturated rings. The predicted molar refractivity (Wildman–Crippen MR) is 43.8 cm³/mol. The Kier molecular flexibility index (Phi) is 3.34. The van der Waals surface area contributed by atoms with Crippen LogP contribution < -0.4 is 0 Å². The van der Waals surface area contributed by atoms with Crippen LogP contribution >= 0.6 is 0 Å². The molecule has 0 aromatic heterocycles. The van der Waals surface area contributed by atoms with E-state index in [1.54, 1.807) is 0 Å². The Bertz CT molecular complexity index is 89.4. The highest BCUT2D eigenvalue weighted by Crippen LogP contribution is 2.27. The van der Waals surface area contributed by atoms with Gasteiger partial charge < -0.3 is 0 Å². The van der Waals surface area contributed by atoms with Gasteiger partial charge in [0.15, 0.2) is 0 Å². The lowest BCUT2D eigenvalue weighted by Crippen LogP contribution is -2.23. The molecule has 0 aliphatic rings. The summed E-state index contributed by atoms with van der Waals surface area (Å²) in [6.07, 6.45) is 0.0243. The fourth-order valence-corrected chi connectivity index (χ4v) is 0.767. The second kappa shape index (κ2) is 3.36. The van der Waals surface area contributed by atoms with Crippen LogP contribution in [0.3, 0.4) is 0 Å². The molecule has 1 heteroatoms. The molecule has 0 aliphatic carbocycles. The van der Waals surface area contributed by atoms with Crippen LogP contribution in [-0.4, -0.2) is 6.17 Å². The molecule has 0 radical (unpaired) electrons. The first-order chi connectivity index (χ1) is 4.34. The number of alkyl halides is 1. The monoisotopic (exact) mass is 146 g/mol. The molecule has 0 aromatic carbocycles. The van der Waals surface area contributed by atoms with Gasteiger partial charge in [-0.3, -0.25) is 0 Å². The highest BCUT2D eigenvalue weighted by molar-refractivity contribution is 4.73. The summed E-state index contributed by atoms with van der Waals surface area (Å²) >= 11 is 0. The van der Waals surface area contributed by atoms with Gasteiger partial charge in [-0.1, -0.05) is 34.6 Å². The molecule has 0 aromatic rings. The molecular formula is C9H19F. The first-order valence-corrected chi connectivity index (χ1v) is 3.98. The first kappa shape index (κ1) is 9.93. The summed E-state index contributed by atoms with van der Waals surface area (Å²) in [5.74, 6) is 0.467. The third-order valence-electron chi connectivity index (χ3n) is 1.62. The smallest absolute Gasteiger partial charge is 0.105 e. The Hall–Kier alpha value is -0.0700. The SMILES string of the molecule is CC(C)C[C@@H](F)C(C)(C)C. The summed E-state index contributed by atoms with van der Waals surface area (Å²) in [4.78, 5) is 0. The van der Waals surface area contributed by atoms with Gasteiger partial charge in [-0.25, -0.2) is 4.39 Å². The van der Waals surface area contributed by atoms with Crippen molar-refractivity contribution in [3.05, 3.63) is 0 Å². The van der Waals surface area contributed by atoms with Gasteiger partial charge in [0.25, 0.3) is 0 Å². The lowest BCUT2D eigenvalue weighted by atomic mass is 9.85. The number of hydrogen-bond acceptors (Lipinski definition) is 0. The van der Waals surface area contributed by atoms with E-state index in [1.165, 1.54) is 0 Å². The van der Waals surface area contributed by atoms with E-state index in [9.17, 15) is 4.39 Å². The molecule has 0 saturated heterocycles. The van der Waals surface area contributed by atoms with Gasteiger partial charge >= 0.3 is 0 Å². The Labute approximate surface area is 63.8 Å². The summed E-state index contributed by atoms with van der Waals surface area (Å²) < 4.78 is 13.2. The van der Waals surface area contributed by atoms with Gasteiger partial charge in [0, 0.05) is 0 Å². The molecule has 10 heavy (non-hydrogen) atoms. The fraction of sp³-hybridized carbons (Fsp3) is 1.00. The highest BCUT2D eigenvalue weighted by Gasteiger charge is 2.24. The molecule has 1 atom stereocenters. The maximum absolute atomic E-state index is 13.2. The van der Waals surface area contributed by atoms with Crippen molar-refractivity contribution in [3.63, 3.8) is 0 Å². The Morgan fingerprint density at radius 3 is 1.70 bits per heavy atom. The fourth-order valence-electron chi connectivity index (χ4n) is 0.767. The van der Waals surface area contributed by atoms with Crippen LogP contribution in [0.1, 0.15) is 41.0 Å². The van der Waals surface area contributed by atoms with Gasteiger partial charge in [-0.05, 0) is 17.8 Å². The molecule has 0 bridgehead atoms. The summed E-state index contributed by atoms with van der Waals surface area (Å²) in [5.41, 5.74) is -0.176. The molecule has 0 nitrogen and oxygen atoms in total. The lowest BCUT2D eigenvalue weighted by Gasteiger charge is -2.24. The number of halogens is 1. The molecule has 0 spiro atoms. The lowest BCUT2D eigenvalue weighted by molar-refractivity contribution is 0.137. The molecular weight excluding hydrogens is 127 g/mol. The molecule has 0 N–H and O–H groups in total. The van der Waals surface area contributed by atoms with Gasteiger partial charge in [0.1, 0.15) is 6.17 Å². The topological polar surface area (TPSA) is 0 Å². The van der Waals surface area contributed by atoms with Crippen LogP contribution in [0.5, 0.6) is 0 Å². The van der Waals surface area contributed by atoms with Crippen molar-refractivity contribution in [1.82, 2.24) is 0 Å². The Morgan fingerprint density at radius 2 is 1.60 bits per heavy atom. The molecule has 0 heterocycles. The van der Waals surface area contributed by atoms with Crippen molar-refractivity contribution in [2.45, 2.75) is 47.2 Å². The summed E-state index contributed by atoms with van der Waals surface area (Å²) in [7, 11) is 0. The molecule has 0 unspecified atom stereocenters. The van der Waals surface area contributed by atoms with E-state index in [-0.39, 0.29) is 5.41 Å². The third kappa shape index (κ3) is 3.86. The van der Waals surface area contributed by atoms with E-state index in [0.29, 0.717) is 12.3 Å². The molecule has 62 valence electrons. The maximum atomic E-state index is 13.2. The van der Waals surface area contributed by atoms with Crippen molar-refractivity contribution < 1.29 is 4.39 Å². The Balaban J connectivity index is 3.73. The van der Waals surface area contributed by atoms with E-state index >= 15 is 0 Å². The maximum Gasteiger partial charge on any atom is 0.105 e. The second-order valence-electron chi connectivity index (χ2n) is 4.46. The van der Waals surface area contributed by atoms with Crippen molar-refractivity contribution in [2.24, 2.45) is 11.3 Å². The zero-order chi connectivity index (χ0) is 8.36. The van der Waals surface area contributed by atoms with Crippen molar-refractivity contribution in [3.8, 4) is 0 Å². The third-order valence-corrected chi connectivity index (χ3v) is 1.62. The predicted octanol–water partition coefficient (Wildman–Crippen LogP) is 3.42. The quantitative estimate of drug-likeness (QED) is 0.560. The molecule has 0 rings (SSSR count). The van der Waals surface area contributed by atoms with E-state index in [1.807, 2.05) is 20.8 Å². The number of rotatable bonds is 2. The van der Waals surface area contributed by atoms with Crippen LogP contribution in [-0.2, 0) is 0 Å². The summed E-state index contributed by atoms with van der Waals surface area (Å²) in [6, 6.07) is 0. The molecule has 0 aliphatic heterocycles. The average Bonchev–Trinajstić information content (AvgIpc) is 1.60. The summed E-state index contributed by atoms with van der Waals surface area (Å²) in [5, 5.41) is 0. The van der Waals surface area contributed by atoms with Gasteiger partial charge in [-0.15, -0.1) is 0 Å². The van der Waals surface area contributed by atoms with Crippen LogP contribution in [0.4, 0.5) is 4.39 Å². The Morgan fingerprint density at radius 1 is 1.20 bits per heavy atom. The van der Waals surface area contributed by atoms with Crippen LogP contribution in [0, 0.1) is 11.3 Å². The number of hydrogen-bond donors (Lipinski definition) is 0. The minimum Gasteiger partial charge on any atom is -0.247 e. The molecule has 0 saturated carbocycles. The zero-order valence-electron chi connectivity index (χ0n) is 7.74.